The molecular weight excluding hydrogens is 209 g/mol. The van der Waals surface area contributed by atoms with Crippen LogP contribution in [0, 0.1) is 5.41 Å². The van der Waals surface area contributed by atoms with Gasteiger partial charge in [-0.2, -0.15) is 0 Å². The van der Waals surface area contributed by atoms with Gasteiger partial charge in [-0.25, -0.2) is 0 Å². The first-order chi connectivity index (χ1) is 7.56. The van der Waals surface area contributed by atoms with Crippen molar-refractivity contribution in [2.24, 2.45) is 5.41 Å². The van der Waals surface area contributed by atoms with Crippen molar-refractivity contribution in [3.8, 4) is 0 Å². The molecule has 0 spiro atoms. The summed E-state index contributed by atoms with van der Waals surface area (Å²) in [6, 6.07) is 0.303. The molecule has 0 amide bonds. The van der Waals surface area contributed by atoms with Crippen LogP contribution in [0.3, 0.4) is 0 Å². The lowest BCUT2D eigenvalue weighted by Crippen LogP contribution is -2.81. The van der Waals surface area contributed by atoms with Gasteiger partial charge in [0.25, 0.3) is 0 Å². The van der Waals surface area contributed by atoms with Gasteiger partial charge in [-0.15, -0.1) is 0 Å². The Hall–Kier alpha value is -0.875. The van der Waals surface area contributed by atoms with E-state index in [-0.39, 0.29) is 19.1 Å². The first-order valence-corrected chi connectivity index (χ1v) is 5.56. The smallest absolute Gasteiger partial charge is 0.510 e. The molecule has 3 fully saturated rings. The molecule has 86 valence electrons. The summed E-state index contributed by atoms with van der Waals surface area (Å²) in [7, 11) is 1.83. The minimum Gasteiger partial charge on any atom is -0.510 e. The molecular formula is C10H14BNO4. The Morgan fingerprint density at radius 3 is 2.75 bits per heavy atom. The second-order valence-corrected chi connectivity index (χ2v) is 5.23. The van der Waals surface area contributed by atoms with Gasteiger partial charge in [0.1, 0.15) is 0 Å². The Morgan fingerprint density at radius 2 is 2.38 bits per heavy atom. The fourth-order valence-corrected chi connectivity index (χ4v) is 3.76. The summed E-state index contributed by atoms with van der Waals surface area (Å²) in [6.07, 6.45) is 2.79. The summed E-state index contributed by atoms with van der Waals surface area (Å²) in [5.74, 6) is -0.536. The van der Waals surface area contributed by atoms with Gasteiger partial charge >= 0.3 is 13.7 Å². The number of carbonyl (C=O) groups is 2. The standard InChI is InChI=1S/C10H14BNO4/c1-9-4-3-6(9)12(2)7(9)10(5-13)8(14)15-11-16-10/h5-7,11H,3-4H2,1-2H3. The first-order valence-electron chi connectivity index (χ1n) is 5.56. The number of fused-ring (bicyclic) bond motifs is 1. The summed E-state index contributed by atoms with van der Waals surface area (Å²) >= 11 is 0. The third-order valence-electron chi connectivity index (χ3n) is 4.63. The summed E-state index contributed by atoms with van der Waals surface area (Å²) in [5.41, 5.74) is -1.36. The van der Waals surface area contributed by atoms with Gasteiger partial charge in [0.2, 0.25) is 5.60 Å². The molecule has 5 nitrogen and oxygen atoms in total. The number of piperidine rings is 1. The molecule has 6 heteroatoms. The molecule has 4 atom stereocenters. The number of carbonyl (C=O) groups excluding carboxylic acids is 2. The molecule has 3 rings (SSSR count). The zero-order valence-corrected chi connectivity index (χ0v) is 9.43. The maximum Gasteiger partial charge on any atom is 0.510 e. The van der Waals surface area contributed by atoms with Crippen LogP contribution in [0.25, 0.3) is 0 Å². The predicted molar refractivity (Wildman–Crippen MR) is 55.8 cm³/mol. The molecule has 2 saturated heterocycles. The molecule has 2 aliphatic heterocycles. The molecule has 0 radical (unpaired) electrons. The number of rotatable bonds is 2. The van der Waals surface area contributed by atoms with Gasteiger partial charge in [-0.1, -0.05) is 6.92 Å². The van der Waals surface area contributed by atoms with Crippen molar-refractivity contribution in [2.75, 3.05) is 7.05 Å². The van der Waals surface area contributed by atoms with Crippen LogP contribution in [0.15, 0.2) is 0 Å². The Morgan fingerprint density at radius 1 is 1.62 bits per heavy atom. The van der Waals surface area contributed by atoms with Gasteiger partial charge in [0, 0.05) is 11.5 Å². The quantitative estimate of drug-likeness (QED) is 0.350. The van der Waals surface area contributed by atoms with E-state index < -0.39 is 11.6 Å². The predicted octanol–water partition coefficient (Wildman–Crippen LogP) is -0.753. The average molecular weight is 223 g/mol. The van der Waals surface area contributed by atoms with E-state index in [9.17, 15) is 9.59 Å². The van der Waals surface area contributed by atoms with Crippen molar-refractivity contribution in [1.82, 2.24) is 4.90 Å². The summed E-state index contributed by atoms with van der Waals surface area (Å²) < 4.78 is 10.1. The highest BCUT2D eigenvalue weighted by molar-refractivity contribution is 6.30. The Labute approximate surface area is 94.4 Å². The van der Waals surface area contributed by atoms with Crippen LogP contribution in [0.4, 0.5) is 0 Å². The molecule has 0 N–H and O–H groups in total. The zero-order chi connectivity index (χ0) is 11.6. The summed E-state index contributed by atoms with van der Waals surface area (Å²) in [4.78, 5) is 25.1. The normalized spacial score (nSPS) is 50.8. The van der Waals surface area contributed by atoms with Crippen LogP contribution < -0.4 is 0 Å². The van der Waals surface area contributed by atoms with Crippen molar-refractivity contribution in [1.29, 1.82) is 0 Å². The van der Waals surface area contributed by atoms with E-state index >= 15 is 0 Å². The summed E-state index contributed by atoms with van der Waals surface area (Å²) in [6.45, 7) is 2.12. The van der Waals surface area contributed by atoms with Gasteiger partial charge in [0.05, 0.1) is 6.04 Å². The van der Waals surface area contributed by atoms with E-state index in [1.807, 2.05) is 7.05 Å². The Balaban J connectivity index is 1.97. The van der Waals surface area contributed by atoms with Gasteiger partial charge in [0.15, 0.2) is 6.29 Å². The van der Waals surface area contributed by atoms with Crippen LogP contribution in [-0.2, 0) is 18.9 Å². The number of hydrogen-bond acceptors (Lipinski definition) is 5. The van der Waals surface area contributed by atoms with Crippen LogP contribution in [-0.4, -0.2) is 49.6 Å². The molecule has 16 heavy (non-hydrogen) atoms. The number of hydrogen-bond donors (Lipinski definition) is 0. The van der Waals surface area contributed by atoms with Crippen molar-refractivity contribution < 1.29 is 18.9 Å². The van der Waals surface area contributed by atoms with Crippen molar-refractivity contribution in [3.05, 3.63) is 0 Å². The van der Waals surface area contributed by atoms with Gasteiger partial charge in [-0.3, -0.25) is 14.5 Å². The van der Waals surface area contributed by atoms with Crippen molar-refractivity contribution in [3.63, 3.8) is 0 Å². The molecule has 3 aliphatic rings. The van der Waals surface area contributed by atoms with Crippen LogP contribution in [0.1, 0.15) is 19.8 Å². The van der Waals surface area contributed by atoms with Crippen LogP contribution in [0.2, 0.25) is 0 Å². The molecule has 1 aliphatic carbocycles. The highest BCUT2D eigenvalue weighted by atomic mass is 16.7. The van der Waals surface area contributed by atoms with E-state index in [1.54, 1.807) is 0 Å². The highest BCUT2D eigenvalue weighted by Crippen LogP contribution is 2.60. The lowest BCUT2D eigenvalue weighted by molar-refractivity contribution is -0.229. The van der Waals surface area contributed by atoms with Crippen LogP contribution in [0.5, 0.6) is 0 Å². The third kappa shape index (κ3) is 0.869. The maximum absolute atomic E-state index is 11.7. The fraction of sp³-hybridized carbons (Fsp3) is 0.800. The van der Waals surface area contributed by atoms with Crippen LogP contribution >= 0.6 is 0 Å². The van der Waals surface area contributed by atoms with E-state index in [4.69, 9.17) is 9.31 Å². The minimum absolute atomic E-state index is 0.0268. The van der Waals surface area contributed by atoms with E-state index in [2.05, 4.69) is 11.8 Å². The van der Waals surface area contributed by atoms with Gasteiger partial charge < -0.3 is 9.31 Å². The lowest BCUT2D eigenvalue weighted by atomic mass is 9.50. The van der Waals surface area contributed by atoms with E-state index in [0.717, 1.165) is 12.8 Å². The lowest BCUT2D eigenvalue weighted by Gasteiger charge is -2.70. The second kappa shape index (κ2) is 2.87. The second-order valence-electron chi connectivity index (χ2n) is 5.23. The molecule has 4 unspecified atom stereocenters. The number of aldehydes is 1. The summed E-state index contributed by atoms with van der Waals surface area (Å²) in [5, 5.41) is 0. The number of likely N-dealkylation sites (N-methyl/N-ethyl adjacent to an activating group) is 1. The third-order valence-corrected chi connectivity index (χ3v) is 4.63. The fourth-order valence-electron chi connectivity index (χ4n) is 3.76. The molecule has 1 saturated carbocycles. The molecule has 0 bridgehead atoms. The first kappa shape index (κ1) is 10.3. The van der Waals surface area contributed by atoms with Crippen molar-refractivity contribution in [2.45, 2.75) is 37.5 Å². The SMILES string of the molecule is CN1C2CCC2(C)C1C1(C=O)OBOC1=O. The average Bonchev–Trinajstić information content (AvgIpc) is 2.60. The van der Waals surface area contributed by atoms with Crippen molar-refractivity contribution >= 4 is 19.9 Å². The van der Waals surface area contributed by atoms with E-state index in [1.165, 1.54) is 0 Å². The molecule has 0 aromatic rings. The molecule has 2 heterocycles. The zero-order valence-electron chi connectivity index (χ0n) is 9.43. The topological polar surface area (TPSA) is 55.8 Å². The Bertz CT molecular complexity index is 376. The van der Waals surface area contributed by atoms with E-state index in [0.29, 0.717) is 12.3 Å². The maximum atomic E-state index is 11.7. The monoisotopic (exact) mass is 223 g/mol. The Kier molecular flexibility index (Phi) is 1.84. The number of likely N-dealkylation sites (tertiary alicyclic amines) is 1. The van der Waals surface area contributed by atoms with Gasteiger partial charge in [-0.05, 0) is 19.9 Å². The highest BCUT2D eigenvalue weighted by Gasteiger charge is 2.72. The molecule has 0 aromatic carbocycles. The number of nitrogens with zero attached hydrogens (tertiary/aromatic N) is 1. The minimum atomic E-state index is -1.39. The molecule has 0 aromatic heterocycles. The largest absolute Gasteiger partial charge is 0.510 e.